The number of amides is 2. The highest BCUT2D eigenvalue weighted by molar-refractivity contribution is 6.39. The summed E-state index contributed by atoms with van der Waals surface area (Å²) in [7, 11) is 0. The van der Waals surface area contributed by atoms with Crippen LogP contribution in [0.5, 0.6) is 0 Å². The smallest absolute Gasteiger partial charge is 0.269 e. The van der Waals surface area contributed by atoms with Crippen LogP contribution < -0.4 is 5.32 Å². The number of nitrogens with one attached hydrogen (secondary N) is 1. The van der Waals surface area contributed by atoms with Crippen LogP contribution in [0.25, 0.3) is 0 Å². The first-order valence-electron chi connectivity index (χ1n) is 9.70. The van der Waals surface area contributed by atoms with Crippen molar-refractivity contribution in [3.8, 4) is 0 Å². The zero-order chi connectivity index (χ0) is 20.3. The fourth-order valence-electron chi connectivity index (χ4n) is 3.73. The molecule has 2 aliphatic heterocycles. The van der Waals surface area contributed by atoms with Crippen molar-refractivity contribution in [3.05, 3.63) is 59.9 Å². The minimum atomic E-state index is -0.617. The summed E-state index contributed by atoms with van der Waals surface area (Å²) in [4.78, 5) is 32.5. The highest BCUT2D eigenvalue weighted by atomic mass is 16.7. The second kappa shape index (κ2) is 7.98. The third-order valence-electron chi connectivity index (χ3n) is 5.47. The van der Waals surface area contributed by atoms with E-state index in [2.05, 4.69) is 27.6 Å². The van der Waals surface area contributed by atoms with Crippen LogP contribution in [-0.4, -0.2) is 57.9 Å². The van der Waals surface area contributed by atoms with Gasteiger partial charge in [-0.25, -0.2) is 0 Å². The van der Waals surface area contributed by atoms with Crippen molar-refractivity contribution in [1.82, 2.24) is 20.4 Å². The van der Waals surface area contributed by atoms with Crippen LogP contribution >= 0.6 is 0 Å². The average molecular weight is 393 g/mol. The molecule has 8 heteroatoms. The molecule has 2 amide bonds. The van der Waals surface area contributed by atoms with Crippen LogP contribution in [0.15, 0.2) is 53.9 Å². The van der Waals surface area contributed by atoms with Gasteiger partial charge in [-0.3, -0.25) is 9.59 Å². The molecule has 1 spiro atoms. The van der Waals surface area contributed by atoms with Crippen molar-refractivity contribution in [1.29, 1.82) is 0 Å². The molecule has 0 aliphatic carbocycles. The van der Waals surface area contributed by atoms with E-state index in [0.717, 1.165) is 0 Å². The van der Waals surface area contributed by atoms with E-state index in [0.29, 0.717) is 43.8 Å². The van der Waals surface area contributed by atoms with Gasteiger partial charge in [-0.2, -0.15) is 10.2 Å². The zero-order valence-corrected chi connectivity index (χ0v) is 16.2. The first-order valence-corrected chi connectivity index (χ1v) is 9.70. The van der Waals surface area contributed by atoms with Gasteiger partial charge in [-0.1, -0.05) is 42.4 Å². The number of aromatic nitrogens is 2. The van der Waals surface area contributed by atoms with Gasteiger partial charge in [0.1, 0.15) is 5.71 Å². The Kier molecular flexibility index (Phi) is 5.24. The molecule has 1 aromatic heterocycles. The Labute approximate surface area is 168 Å². The van der Waals surface area contributed by atoms with Gasteiger partial charge >= 0.3 is 0 Å². The Hall–Kier alpha value is -3.29. The molecule has 1 saturated heterocycles. The summed E-state index contributed by atoms with van der Waals surface area (Å²) in [6.07, 6.45) is 3.98. The molecule has 29 heavy (non-hydrogen) atoms. The van der Waals surface area contributed by atoms with Gasteiger partial charge in [-0.05, 0) is 17.5 Å². The Balaban J connectivity index is 1.30. The van der Waals surface area contributed by atoms with Crippen molar-refractivity contribution in [2.45, 2.75) is 31.3 Å². The van der Waals surface area contributed by atoms with Gasteiger partial charge in [-0.15, -0.1) is 0 Å². The van der Waals surface area contributed by atoms with Crippen LogP contribution in [0.3, 0.4) is 0 Å². The van der Waals surface area contributed by atoms with E-state index in [9.17, 15) is 9.59 Å². The number of oxime groups is 1. The molecule has 2 aromatic rings. The predicted molar refractivity (Wildman–Crippen MR) is 106 cm³/mol. The maximum atomic E-state index is 12.6. The van der Waals surface area contributed by atoms with E-state index in [4.69, 9.17) is 4.84 Å². The largest absolute Gasteiger partial charge is 0.386 e. The lowest BCUT2D eigenvalue weighted by molar-refractivity contribution is -0.115. The second-order valence-corrected chi connectivity index (χ2v) is 7.62. The fraction of sp³-hybridized carbons (Fsp3) is 0.381. The topological polar surface area (TPSA) is 96.8 Å². The monoisotopic (exact) mass is 393 g/mol. The van der Waals surface area contributed by atoms with Crippen molar-refractivity contribution in [2.75, 3.05) is 19.6 Å². The molecule has 1 N–H and O–H groups in total. The van der Waals surface area contributed by atoms with Crippen molar-refractivity contribution in [2.24, 2.45) is 5.16 Å². The summed E-state index contributed by atoms with van der Waals surface area (Å²) < 4.78 is 0. The number of benzene rings is 1. The lowest BCUT2D eigenvalue weighted by Gasteiger charge is -2.21. The van der Waals surface area contributed by atoms with Crippen molar-refractivity contribution in [3.63, 3.8) is 0 Å². The van der Waals surface area contributed by atoms with Gasteiger partial charge in [0.05, 0.1) is 24.5 Å². The zero-order valence-electron chi connectivity index (χ0n) is 16.2. The standard InChI is InChI=1S/C21H23N5O3/c1-15(16-5-3-2-4-6-16)12-22-19(27)18-11-21(29-25-18)8-10-26(14-21)20(28)17-7-9-23-24-13-17/h2-7,9,13,15H,8,10-12,14H2,1H3,(H,22,27)/t15-,21-/m0/s1. The maximum absolute atomic E-state index is 12.6. The highest BCUT2D eigenvalue weighted by Gasteiger charge is 2.48. The van der Waals surface area contributed by atoms with E-state index >= 15 is 0 Å². The molecule has 1 fully saturated rings. The fourth-order valence-corrected chi connectivity index (χ4v) is 3.73. The summed E-state index contributed by atoms with van der Waals surface area (Å²) in [6.45, 7) is 3.54. The third kappa shape index (κ3) is 4.11. The second-order valence-electron chi connectivity index (χ2n) is 7.62. The molecule has 2 aliphatic rings. The van der Waals surface area contributed by atoms with E-state index < -0.39 is 5.60 Å². The number of rotatable bonds is 5. The number of carbonyl (C=O) groups is 2. The lowest BCUT2D eigenvalue weighted by atomic mass is 9.96. The van der Waals surface area contributed by atoms with Crippen LogP contribution in [0.1, 0.15) is 41.6 Å². The molecular formula is C21H23N5O3. The molecule has 0 unspecified atom stereocenters. The number of hydrogen-bond donors (Lipinski definition) is 1. The average Bonchev–Trinajstić information content (AvgIpc) is 3.39. The van der Waals surface area contributed by atoms with E-state index in [1.807, 2.05) is 30.3 Å². The number of carbonyl (C=O) groups excluding carboxylic acids is 2. The van der Waals surface area contributed by atoms with Crippen molar-refractivity contribution >= 4 is 17.5 Å². The first kappa shape index (κ1) is 19.0. The quantitative estimate of drug-likeness (QED) is 0.835. The first-order chi connectivity index (χ1) is 14.1. The summed E-state index contributed by atoms with van der Waals surface area (Å²) in [5.41, 5.74) is 1.42. The Morgan fingerprint density at radius 3 is 2.83 bits per heavy atom. The number of nitrogens with zero attached hydrogens (tertiary/aromatic N) is 4. The number of hydrogen-bond acceptors (Lipinski definition) is 6. The summed E-state index contributed by atoms with van der Waals surface area (Å²) in [6, 6.07) is 11.7. The van der Waals surface area contributed by atoms with E-state index in [-0.39, 0.29) is 17.7 Å². The van der Waals surface area contributed by atoms with Gasteiger partial charge in [0.2, 0.25) is 0 Å². The molecule has 4 rings (SSSR count). The number of likely N-dealkylation sites (tertiary alicyclic amines) is 1. The Morgan fingerprint density at radius 1 is 1.24 bits per heavy atom. The lowest BCUT2D eigenvalue weighted by Crippen LogP contribution is -2.39. The molecule has 2 atom stereocenters. The third-order valence-corrected chi connectivity index (χ3v) is 5.47. The van der Waals surface area contributed by atoms with Gasteiger partial charge in [0.15, 0.2) is 5.60 Å². The predicted octanol–water partition coefficient (Wildman–Crippen LogP) is 1.76. The molecule has 0 radical (unpaired) electrons. The molecule has 0 bridgehead atoms. The SMILES string of the molecule is C[C@@H](CNC(=O)C1=NO[C@@]2(CCN(C(=O)c3ccnnc3)C2)C1)c1ccccc1. The summed E-state index contributed by atoms with van der Waals surface area (Å²) in [5.74, 6) is -0.131. The minimum Gasteiger partial charge on any atom is -0.386 e. The molecule has 8 nitrogen and oxygen atoms in total. The molecule has 150 valence electrons. The van der Waals surface area contributed by atoms with Gasteiger partial charge in [0, 0.05) is 25.9 Å². The molecule has 1 aromatic carbocycles. The highest BCUT2D eigenvalue weighted by Crippen LogP contribution is 2.34. The van der Waals surface area contributed by atoms with Gasteiger partial charge in [0.25, 0.3) is 11.8 Å². The van der Waals surface area contributed by atoms with Gasteiger partial charge < -0.3 is 15.1 Å². The molecule has 3 heterocycles. The normalized spacial score (nSPS) is 21.6. The van der Waals surface area contributed by atoms with Crippen LogP contribution in [0.4, 0.5) is 0 Å². The van der Waals surface area contributed by atoms with E-state index in [1.54, 1.807) is 11.0 Å². The van der Waals surface area contributed by atoms with Crippen LogP contribution in [-0.2, 0) is 9.63 Å². The summed E-state index contributed by atoms with van der Waals surface area (Å²) >= 11 is 0. The molecule has 0 saturated carbocycles. The van der Waals surface area contributed by atoms with Crippen molar-refractivity contribution < 1.29 is 14.4 Å². The van der Waals surface area contributed by atoms with E-state index in [1.165, 1.54) is 18.0 Å². The Bertz CT molecular complexity index is 918. The van der Waals surface area contributed by atoms with Crippen LogP contribution in [0, 0.1) is 0 Å². The Morgan fingerprint density at radius 2 is 2.07 bits per heavy atom. The maximum Gasteiger partial charge on any atom is 0.269 e. The summed E-state index contributed by atoms with van der Waals surface area (Å²) in [5, 5.41) is 14.4. The minimum absolute atomic E-state index is 0.116. The molecular weight excluding hydrogens is 370 g/mol. The van der Waals surface area contributed by atoms with Crippen LogP contribution in [0.2, 0.25) is 0 Å².